The van der Waals surface area contributed by atoms with Crippen LogP contribution in [0.25, 0.3) is 5.57 Å². The van der Waals surface area contributed by atoms with E-state index in [0.717, 1.165) is 47.8 Å². The van der Waals surface area contributed by atoms with Gasteiger partial charge in [-0.2, -0.15) is 0 Å². The van der Waals surface area contributed by atoms with Gasteiger partial charge in [-0.1, -0.05) is 90.5 Å². The van der Waals surface area contributed by atoms with Crippen LogP contribution >= 0.6 is 0 Å². The van der Waals surface area contributed by atoms with Gasteiger partial charge in [0.25, 0.3) is 0 Å². The summed E-state index contributed by atoms with van der Waals surface area (Å²) in [5, 5.41) is 0. The number of rotatable bonds is 9. The van der Waals surface area contributed by atoms with Gasteiger partial charge in [0.15, 0.2) is 0 Å². The Balaban J connectivity index is 0.000000678. The molecule has 3 rings (SSSR count). The summed E-state index contributed by atoms with van der Waals surface area (Å²) in [6.45, 7) is 18.4. The zero-order valence-corrected chi connectivity index (χ0v) is 24.3. The average molecular weight is 494 g/mol. The molecule has 0 bridgehead atoms. The van der Waals surface area contributed by atoms with E-state index in [1.165, 1.54) is 56.1 Å². The maximum Gasteiger partial charge on any atom is 0.101 e. The third kappa shape index (κ3) is 7.48. The molecule has 0 amide bonds. The Morgan fingerprint density at radius 2 is 1.75 bits per heavy atom. The van der Waals surface area contributed by atoms with Gasteiger partial charge < -0.3 is 5.73 Å². The molecule has 0 aromatic heterocycles. The van der Waals surface area contributed by atoms with E-state index in [9.17, 15) is 4.39 Å². The Morgan fingerprint density at radius 1 is 1.14 bits per heavy atom. The largest absolute Gasteiger partial charge is 0.395 e. The van der Waals surface area contributed by atoms with Crippen LogP contribution in [0.4, 0.5) is 4.39 Å². The molecule has 0 atom stereocenters. The van der Waals surface area contributed by atoms with Crippen LogP contribution in [-0.4, -0.2) is 0 Å². The summed E-state index contributed by atoms with van der Waals surface area (Å²) in [5.74, 6) is 1.98. The molecule has 0 radical (unpaired) electrons. The second-order valence-corrected chi connectivity index (χ2v) is 11.6. The van der Waals surface area contributed by atoms with E-state index >= 15 is 0 Å². The van der Waals surface area contributed by atoms with Crippen LogP contribution in [0.15, 0.2) is 53.7 Å². The molecule has 2 N–H and O–H groups in total. The van der Waals surface area contributed by atoms with Gasteiger partial charge in [-0.05, 0) is 98.6 Å². The highest BCUT2D eigenvalue weighted by molar-refractivity contribution is 5.82. The van der Waals surface area contributed by atoms with Crippen LogP contribution in [0.1, 0.15) is 123 Å². The average Bonchev–Trinajstić information content (AvgIpc) is 3.35. The quantitative estimate of drug-likeness (QED) is 0.269. The van der Waals surface area contributed by atoms with Crippen LogP contribution in [0.2, 0.25) is 0 Å². The Labute approximate surface area is 221 Å². The molecule has 0 spiro atoms. The maximum atomic E-state index is 14.8. The van der Waals surface area contributed by atoms with E-state index in [1.807, 2.05) is 6.92 Å². The zero-order chi connectivity index (χ0) is 26.9. The maximum absolute atomic E-state index is 14.8. The lowest BCUT2D eigenvalue weighted by atomic mass is 9.73. The van der Waals surface area contributed by atoms with E-state index in [2.05, 4.69) is 71.2 Å². The first-order chi connectivity index (χ1) is 17.1. The van der Waals surface area contributed by atoms with Gasteiger partial charge in [0.05, 0.1) is 5.70 Å². The minimum absolute atomic E-state index is 0.0326. The zero-order valence-electron chi connectivity index (χ0n) is 24.3. The summed E-state index contributed by atoms with van der Waals surface area (Å²) < 4.78 is 14.8. The van der Waals surface area contributed by atoms with Gasteiger partial charge in [0.2, 0.25) is 0 Å². The van der Waals surface area contributed by atoms with Crippen molar-refractivity contribution >= 4 is 5.57 Å². The van der Waals surface area contributed by atoms with Crippen LogP contribution < -0.4 is 5.73 Å². The fourth-order valence-electron chi connectivity index (χ4n) is 5.42. The van der Waals surface area contributed by atoms with Crippen LogP contribution in [0.3, 0.4) is 0 Å². The fourth-order valence-corrected chi connectivity index (χ4v) is 5.42. The summed E-state index contributed by atoms with van der Waals surface area (Å²) in [5.41, 5.74) is 15.0. The first-order valence-corrected chi connectivity index (χ1v) is 14.4. The molecule has 0 saturated heterocycles. The van der Waals surface area contributed by atoms with Gasteiger partial charge in [-0.15, -0.1) is 5.73 Å². The van der Waals surface area contributed by atoms with E-state index in [4.69, 9.17) is 5.73 Å². The third-order valence-corrected chi connectivity index (χ3v) is 8.83. The topological polar surface area (TPSA) is 26.0 Å². The van der Waals surface area contributed by atoms with Crippen LogP contribution in [-0.2, 0) is 11.8 Å². The van der Waals surface area contributed by atoms with Gasteiger partial charge in [0, 0.05) is 5.41 Å². The standard InChI is InChI=1S/C28H38FN.C6H14/c1-6-24(27(19(3)29)21-13-10-14-21)25-18-23(28(4,5)26(30)7-2)16-15-22(25)17-20-11-8-9-12-20;1-4-6(3)5-2/h6,15-16,18,20-21H,2,8-14,17,30H2,1,3-5H3;6H,4-5H2,1-3H3/b24-6-,27-19+;. The van der Waals surface area contributed by atoms with E-state index < -0.39 is 0 Å². The van der Waals surface area contributed by atoms with Gasteiger partial charge >= 0.3 is 0 Å². The van der Waals surface area contributed by atoms with Crippen molar-refractivity contribution in [3.8, 4) is 0 Å². The number of allylic oxidation sites excluding steroid dienone is 5. The highest BCUT2D eigenvalue weighted by atomic mass is 19.1. The summed E-state index contributed by atoms with van der Waals surface area (Å²) in [6, 6.07) is 6.71. The number of hydrogen-bond donors (Lipinski definition) is 1. The Bertz CT molecular complexity index is 955. The summed E-state index contributed by atoms with van der Waals surface area (Å²) >= 11 is 0. The molecule has 1 nitrogen and oxygen atoms in total. The van der Waals surface area contributed by atoms with Crippen LogP contribution in [0, 0.1) is 17.8 Å². The summed E-state index contributed by atoms with van der Waals surface area (Å²) in [7, 11) is 0. The van der Waals surface area contributed by atoms with E-state index in [1.54, 1.807) is 6.92 Å². The fraction of sp³-hybridized carbons (Fsp3) is 0.618. The molecule has 1 aromatic rings. The van der Waals surface area contributed by atoms with Gasteiger partial charge in [-0.25, -0.2) is 4.39 Å². The summed E-state index contributed by atoms with van der Waals surface area (Å²) in [6.07, 6.45) is 14.5. The SMILES string of the molecule is C=C=C(N)C(C)(C)c1ccc(CC2CCCC2)c(C(=C/C)/C(=C(\C)F)C2CCC2)c1.CCC(C)CC. The van der Waals surface area contributed by atoms with Crippen molar-refractivity contribution in [3.63, 3.8) is 0 Å². The third-order valence-electron chi connectivity index (χ3n) is 8.83. The number of benzene rings is 1. The molecular weight excluding hydrogens is 441 g/mol. The second kappa shape index (κ2) is 14.0. The molecule has 2 saturated carbocycles. The van der Waals surface area contributed by atoms with Crippen molar-refractivity contribution in [2.24, 2.45) is 23.5 Å². The summed E-state index contributed by atoms with van der Waals surface area (Å²) in [4.78, 5) is 0. The van der Waals surface area contributed by atoms with Crippen molar-refractivity contribution in [3.05, 3.63) is 70.4 Å². The van der Waals surface area contributed by atoms with Gasteiger partial charge in [0.1, 0.15) is 5.83 Å². The molecule has 2 aliphatic rings. The molecule has 200 valence electrons. The predicted octanol–water partition coefficient (Wildman–Crippen LogP) is 10.2. The molecule has 1 aromatic carbocycles. The predicted molar refractivity (Wildman–Crippen MR) is 157 cm³/mol. The molecule has 36 heavy (non-hydrogen) atoms. The minimum Gasteiger partial charge on any atom is -0.395 e. The van der Waals surface area contributed by atoms with Crippen molar-refractivity contribution < 1.29 is 4.39 Å². The number of halogens is 1. The smallest absolute Gasteiger partial charge is 0.101 e. The molecule has 2 aliphatic carbocycles. The number of nitrogens with two attached hydrogens (primary N) is 1. The molecule has 0 aliphatic heterocycles. The monoisotopic (exact) mass is 493 g/mol. The first kappa shape index (κ1) is 30.2. The van der Waals surface area contributed by atoms with Crippen molar-refractivity contribution in [1.29, 1.82) is 0 Å². The van der Waals surface area contributed by atoms with Crippen molar-refractivity contribution in [1.82, 2.24) is 0 Å². The molecule has 0 heterocycles. The van der Waals surface area contributed by atoms with E-state index in [0.29, 0.717) is 11.6 Å². The Hall–Kier alpha value is -2.05. The Kier molecular flexibility index (Phi) is 11.8. The first-order valence-electron chi connectivity index (χ1n) is 14.4. The normalized spacial score (nSPS) is 17.8. The lowest BCUT2D eigenvalue weighted by Crippen LogP contribution is -2.25. The lowest BCUT2D eigenvalue weighted by molar-refractivity contribution is 0.367. The number of hydrogen-bond acceptors (Lipinski definition) is 1. The molecule has 2 fully saturated rings. The molecule has 0 unspecified atom stereocenters. The van der Waals surface area contributed by atoms with Crippen LogP contribution in [0.5, 0.6) is 0 Å². The van der Waals surface area contributed by atoms with Crippen molar-refractivity contribution in [2.45, 2.75) is 118 Å². The molecule has 2 heteroatoms. The lowest BCUT2D eigenvalue weighted by Gasteiger charge is -2.32. The minimum atomic E-state index is -0.369. The van der Waals surface area contributed by atoms with Gasteiger partial charge in [-0.3, -0.25) is 0 Å². The second-order valence-electron chi connectivity index (χ2n) is 11.6. The van der Waals surface area contributed by atoms with E-state index in [-0.39, 0.29) is 11.2 Å². The van der Waals surface area contributed by atoms with Crippen molar-refractivity contribution in [2.75, 3.05) is 0 Å². The Morgan fingerprint density at radius 3 is 2.17 bits per heavy atom. The molecular formula is C34H52FN. The highest BCUT2D eigenvalue weighted by Gasteiger charge is 2.30. The highest BCUT2D eigenvalue weighted by Crippen LogP contribution is 2.44.